The second kappa shape index (κ2) is 4.97. The van der Waals surface area contributed by atoms with Crippen LogP contribution in [-0.2, 0) is 0 Å². The predicted octanol–water partition coefficient (Wildman–Crippen LogP) is 2.53. The van der Waals surface area contributed by atoms with E-state index in [2.05, 4.69) is 4.90 Å². The predicted molar refractivity (Wildman–Crippen MR) is 74.7 cm³/mol. The molecule has 0 N–H and O–H groups in total. The van der Waals surface area contributed by atoms with Gasteiger partial charge in [-0.2, -0.15) is 0 Å². The number of ether oxygens (including phenoxy) is 1. The molecule has 3 heteroatoms. The topological polar surface area (TPSA) is 29.5 Å². The number of ketones is 1. The summed E-state index contributed by atoms with van der Waals surface area (Å²) in [6.45, 7) is 5.30. The highest BCUT2D eigenvalue weighted by Gasteiger charge is 2.38. The number of rotatable bonds is 3. The van der Waals surface area contributed by atoms with Crippen LogP contribution in [0.1, 0.15) is 28.8 Å². The number of Topliss-reactive ketones (excluding diaryl/α,β-unsaturated/α-hetero) is 1. The van der Waals surface area contributed by atoms with E-state index in [1.807, 2.05) is 25.1 Å². The van der Waals surface area contributed by atoms with Crippen molar-refractivity contribution in [2.75, 3.05) is 26.7 Å². The molecule has 1 atom stereocenters. The van der Waals surface area contributed by atoms with Gasteiger partial charge in [0.15, 0.2) is 5.78 Å². The Morgan fingerprint density at radius 2 is 2.05 bits per heavy atom. The molecular formula is C16H21NO2. The van der Waals surface area contributed by atoms with Gasteiger partial charge in [0.25, 0.3) is 0 Å². The lowest BCUT2D eigenvalue weighted by Gasteiger charge is -2.44. The average Bonchev–Trinajstić information content (AvgIpc) is 2.47. The summed E-state index contributed by atoms with van der Waals surface area (Å²) in [6.07, 6.45) is 2.37. The summed E-state index contributed by atoms with van der Waals surface area (Å²) >= 11 is 0. The van der Waals surface area contributed by atoms with Gasteiger partial charge in [0.05, 0.1) is 7.11 Å². The van der Waals surface area contributed by atoms with Gasteiger partial charge in [0.2, 0.25) is 0 Å². The molecule has 3 aliphatic heterocycles. The van der Waals surface area contributed by atoms with Gasteiger partial charge in [-0.15, -0.1) is 0 Å². The van der Waals surface area contributed by atoms with E-state index in [4.69, 9.17) is 4.74 Å². The van der Waals surface area contributed by atoms with E-state index in [-0.39, 0.29) is 5.92 Å². The largest absolute Gasteiger partial charge is 0.497 e. The summed E-state index contributed by atoms with van der Waals surface area (Å²) in [5, 5.41) is 0. The monoisotopic (exact) mass is 259 g/mol. The summed E-state index contributed by atoms with van der Waals surface area (Å²) in [6, 6.07) is 5.77. The van der Waals surface area contributed by atoms with Gasteiger partial charge >= 0.3 is 0 Å². The molecule has 2 bridgehead atoms. The summed E-state index contributed by atoms with van der Waals surface area (Å²) < 4.78 is 5.21. The molecule has 3 nitrogen and oxygen atoms in total. The lowest BCUT2D eigenvalue weighted by molar-refractivity contribution is 0.0418. The van der Waals surface area contributed by atoms with Gasteiger partial charge in [-0.3, -0.25) is 4.79 Å². The van der Waals surface area contributed by atoms with Gasteiger partial charge in [0.1, 0.15) is 5.75 Å². The molecule has 102 valence electrons. The van der Waals surface area contributed by atoms with Crippen molar-refractivity contribution in [2.24, 2.45) is 11.8 Å². The maximum atomic E-state index is 12.7. The first-order valence-corrected chi connectivity index (χ1v) is 7.10. The third-order valence-corrected chi connectivity index (χ3v) is 4.69. The van der Waals surface area contributed by atoms with E-state index in [0.29, 0.717) is 11.7 Å². The lowest BCUT2D eigenvalue weighted by Crippen LogP contribution is -2.50. The van der Waals surface area contributed by atoms with Gasteiger partial charge < -0.3 is 9.64 Å². The Morgan fingerprint density at radius 1 is 1.32 bits per heavy atom. The Kier molecular flexibility index (Phi) is 3.31. The maximum Gasteiger partial charge on any atom is 0.167 e. The van der Waals surface area contributed by atoms with Crippen LogP contribution in [0.2, 0.25) is 0 Å². The van der Waals surface area contributed by atoms with Gasteiger partial charge in [-0.05, 0) is 62.5 Å². The van der Waals surface area contributed by atoms with Crippen LogP contribution < -0.4 is 4.74 Å². The van der Waals surface area contributed by atoms with Crippen LogP contribution in [0.15, 0.2) is 18.2 Å². The van der Waals surface area contributed by atoms with Crippen molar-refractivity contribution >= 4 is 5.78 Å². The molecule has 1 unspecified atom stereocenters. The number of aryl methyl sites for hydroxylation is 1. The van der Waals surface area contributed by atoms with E-state index >= 15 is 0 Å². The molecule has 3 aliphatic rings. The zero-order chi connectivity index (χ0) is 13.4. The van der Waals surface area contributed by atoms with Crippen molar-refractivity contribution in [1.82, 2.24) is 4.90 Å². The SMILES string of the molecule is COc1ccc(C(=O)C2CN3CCC2CC3)c(C)c1. The molecule has 3 fully saturated rings. The minimum absolute atomic E-state index is 0.203. The Hall–Kier alpha value is -1.35. The number of benzene rings is 1. The smallest absolute Gasteiger partial charge is 0.167 e. The van der Waals surface area contributed by atoms with Crippen molar-refractivity contribution in [3.8, 4) is 5.75 Å². The van der Waals surface area contributed by atoms with Crippen LogP contribution >= 0.6 is 0 Å². The van der Waals surface area contributed by atoms with Crippen LogP contribution in [-0.4, -0.2) is 37.4 Å². The fourth-order valence-corrected chi connectivity index (χ4v) is 3.50. The normalized spacial score (nSPS) is 29.3. The van der Waals surface area contributed by atoms with Crippen molar-refractivity contribution < 1.29 is 9.53 Å². The Balaban J connectivity index is 1.84. The quantitative estimate of drug-likeness (QED) is 0.781. The van der Waals surface area contributed by atoms with Gasteiger partial charge in [-0.25, -0.2) is 0 Å². The molecule has 3 saturated heterocycles. The molecule has 0 spiro atoms. The van der Waals surface area contributed by atoms with Crippen LogP contribution in [0.4, 0.5) is 0 Å². The van der Waals surface area contributed by atoms with Crippen LogP contribution in [0.3, 0.4) is 0 Å². The second-order valence-corrected chi connectivity index (χ2v) is 5.79. The standard InChI is InChI=1S/C16H21NO2/c1-11-9-13(19-2)3-4-14(11)16(18)15-10-17-7-5-12(15)6-8-17/h3-4,9,12,15H,5-8,10H2,1-2H3. The summed E-state index contributed by atoms with van der Waals surface area (Å²) in [4.78, 5) is 15.2. The van der Waals surface area contributed by atoms with Crippen molar-refractivity contribution in [3.63, 3.8) is 0 Å². The maximum absolute atomic E-state index is 12.7. The highest BCUT2D eigenvalue weighted by Crippen LogP contribution is 2.35. The molecular weight excluding hydrogens is 238 g/mol. The van der Waals surface area contributed by atoms with E-state index in [9.17, 15) is 4.79 Å². The molecule has 3 heterocycles. The molecule has 0 radical (unpaired) electrons. The fourth-order valence-electron chi connectivity index (χ4n) is 3.50. The number of fused-ring (bicyclic) bond motifs is 3. The summed E-state index contributed by atoms with van der Waals surface area (Å²) in [5.41, 5.74) is 1.90. The Morgan fingerprint density at radius 3 is 2.58 bits per heavy atom. The minimum Gasteiger partial charge on any atom is -0.497 e. The molecule has 4 rings (SSSR count). The van der Waals surface area contributed by atoms with Gasteiger partial charge in [-0.1, -0.05) is 0 Å². The molecule has 1 aromatic carbocycles. The van der Waals surface area contributed by atoms with Crippen LogP contribution in [0.5, 0.6) is 5.75 Å². The average molecular weight is 259 g/mol. The lowest BCUT2D eigenvalue weighted by atomic mass is 9.75. The van der Waals surface area contributed by atoms with Crippen molar-refractivity contribution in [2.45, 2.75) is 19.8 Å². The highest BCUT2D eigenvalue weighted by atomic mass is 16.5. The number of methoxy groups -OCH3 is 1. The number of carbonyl (C=O) groups is 1. The van der Waals surface area contributed by atoms with Crippen molar-refractivity contribution in [1.29, 1.82) is 0 Å². The number of hydrogen-bond donors (Lipinski definition) is 0. The molecule has 0 aromatic heterocycles. The van der Waals surface area contributed by atoms with Crippen LogP contribution in [0, 0.1) is 18.8 Å². The third-order valence-electron chi connectivity index (χ3n) is 4.69. The molecule has 0 aliphatic carbocycles. The molecule has 0 amide bonds. The highest BCUT2D eigenvalue weighted by molar-refractivity contribution is 5.99. The summed E-state index contributed by atoms with van der Waals surface area (Å²) in [5.74, 6) is 1.95. The molecule has 0 saturated carbocycles. The third kappa shape index (κ3) is 2.27. The zero-order valence-electron chi connectivity index (χ0n) is 11.7. The van der Waals surface area contributed by atoms with Crippen LogP contribution in [0.25, 0.3) is 0 Å². The Labute approximate surface area is 114 Å². The fraction of sp³-hybridized carbons (Fsp3) is 0.562. The second-order valence-electron chi connectivity index (χ2n) is 5.79. The number of carbonyl (C=O) groups excluding carboxylic acids is 1. The van der Waals surface area contributed by atoms with E-state index in [1.54, 1.807) is 7.11 Å². The molecule has 19 heavy (non-hydrogen) atoms. The van der Waals surface area contributed by atoms with E-state index in [1.165, 1.54) is 25.9 Å². The number of hydrogen-bond acceptors (Lipinski definition) is 3. The molecule has 1 aromatic rings. The first kappa shape index (κ1) is 12.7. The van der Waals surface area contributed by atoms with E-state index in [0.717, 1.165) is 23.4 Å². The number of nitrogens with zero attached hydrogens (tertiary/aromatic N) is 1. The van der Waals surface area contributed by atoms with E-state index < -0.39 is 0 Å². The Bertz CT molecular complexity index is 490. The number of piperidine rings is 3. The van der Waals surface area contributed by atoms with Crippen molar-refractivity contribution in [3.05, 3.63) is 29.3 Å². The first-order valence-electron chi connectivity index (χ1n) is 7.10. The zero-order valence-corrected chi connectivity index (χ0v) is 11.7. The minimum atomic E-state index is 0.203. The van der Waals surface area contributed by atoms with Gasteiger partial charge in [0, 0.05) is 18.0 Å². The summed E-state index contributed by atoms with van der Waals surface area (Å²) in [7, 11) is 1.66. The first-order chi connectivity index (χ1) is 9.19.